The maximum atomic E-state index is 13.4. The van der Waals surface area contributed by atoms with Crippen molar-refractivity contribution in [2.75, 3.05) is 0 Å². The first-order chi connectivity index (χ1) is 16.5. The van der Waals surface area contributed by atoms with Crippen molar-refractivity contribution < 1.29 is 14.6 Å². The van der Waals surface area contributed by atoms with Gasteiger partial charge in [-0.1, -0.05) is 44.2 Å². The summed E-state index contributed by atoms with van der Waals surface area (Å²) in [6, 6.07) is 9.70. The van der Waals surface area contributed by atoms with Crippen molar-refractivity contribution in [3.05, 3.63) is 57.0 Å². The van der Waals surface area contributed by atoms with E-state index in [1.54, 1.807) is 30.3 Å². The Morgan fingerprint density at radius 3 is 2.47 bits per heavy atom. The topological polar surface area (TPSA) is 124 Å². The van der Waals surface area contributed by atoms with Crippen LogP contribution in [0.4, 0.5) is 0 Å². The molecule has 1 saturated carbocycles. The number of aromatic hydroxyl groups is 2. The summed E-state index contributed by atoms with van der Waals surface area (Å²) in [7, 11) is 0. The molecule has 3 heterocycles. The van der Waals surface area contributed by atoms with E-state index in [4.69, 9.17) is 4.42 Å². The van der Waals surface area contributed by atoms with Gasteiger partial charge in [-0.25, -0.2) is 0 Å². The summed E-state index contributed by atoms with van der Waals surface area (Å²) < 4.78 is 7.96. The van der Waals surface area contributed by atoms with E-state index in [0.29, 0.717) is 38.6 Å². The van der Waals surface area contributed by atoms with E-state index in [1.165, 1.54) is 25.3 Å². The van der Waals surface area contributed by atoms with Crippen LogP contribution >= 0.6 is 0 Å². The molecule has 1 aliphatic carbocycles. The van der Waals surface area contributed by atoms with Crippen LogP contribution < -0.4 is 11.0 Å². The summed E-state index contributed by atoms with van der Waals surface area (Å²) in [6.45, 7) is 0. The van der Waals surface area contributed by atoms with Crippen LogP contribution in [0.25, 0.3) is 44.2 Å². The standard InChI is InChI=1S/C26H25N3O5/c30-16-10-6-7-14(13-16)19-20-25(29(28-26(20)33)15-8-4-2-1-3-5-9-15)27-21-17-11-12-18(31)22(32)23(17)34-24(19)21/h6-7,10-13,15,27,30,32H,1-5,8-9H2,(H,28,33). The predicted octanol–water partition coefficient (Wildman–Crippen LogP) is 5.28. The molecule has 2 aromatic carbocycles. The van der Waals surface area contributed by atoms with E-state index < -0.39 is 11.2 Å². The molecule has 174 valence electrons. The van der Waals surface area contributed by atoms with Crippen molar-refractivity contribution in [3.8, 4) is 22.6 Å². The van der Waals surface area contributed by atoms with E-state index >= 15 is 0 Å². The van der Waals surface area contributed by atoms with Gasteiger partial charge in [-0.15, -0.1) is 0 Å². The molecule has 0 atom stereocenters. The number of aromatic nitrogens is 3. The van der Waals surface area contributed by atoms with Gasteiger partial charge in [0, 0.05) is 10.9 Å². The van der Waals surface area contributed by atoms with Gasteiger partial charge in [-0.3, -0.25) is 19.4 Å². The van der Waals surface area contributed by atoms with Crippen molar-refractivity contribution in [3.63, 3.8) is 0 Å². The minimum atomic E-state index is -0.535. The van der Waals surface area contributed by atoms with E-state index in [0.717, 1.165) is 25.7 Å². The van der Waals surface area contributed by atoms with Gasteiger partial charge in [-0.05, 0) is 42.7 Å². The number of nitrogens with one attached hydrogen (secondary N) is 2. The second-order valence-electron chi connectivity index (χ2n) is 9.18. The van der Waals surface area contributed by atoms with Crippen LogP contribution in [0.3, 0.4) is 0 Å². The van der Waals surface area contributed by atoms with Gasteiger partial charge < -0.3 is 19.6 Å². The van der Waals surface area contributed by atoms with Gasteiger partial charge in [-0.2, -0.15) is 0 Å². The molecule has 6 rings (SSSR count). The lowest BCUT2D eigenvalue weighted by molar-refractivity contribution is 0.353. The quantitative estimate of drug-likeness (QED) is 0.286. The molecule has 5 aromatic rings. The molecule has 8 nitrogen and oxygen atoms in total. The van der Waals surface area contributed by atoms with Crippen molar-refractivity contribution in [2.45, 2.75) is 51.0 Å². The fourth-order valence-electron chi connectivity index (χ4n) is 5.37. The zero-order valence-corrected chi connectivity index (χ0v) is 18.6. The summed E-state index contributed by atoms with van der Waals surface area (Å²) in [5, 5.41) is 24.6. The van der Waals surface area contributed by atoms with E-state index in [2.05, 4.69) is 10.1 Å². The number of pyridine rings is 1. The fraction of sp³-hybridized carbons (Fsp3) is 0.308. The Kier molecular flexibility index (Phi) is 4.76. The lowest BCUT2D eigenvalue weighted by atomic mass is 9.96. The number of hydrogen-bond donors (Lipinski definition) is 4. The van der Waals surface area contributed by atoms with Crippen molar-refractivity contribution in [2.24, 2.45) is 0 Å². The minimum Gasteiger partial charge on any atom is -0.508 e. The van der Waals surface area contributed by atoms with Crippen LogP contribution in [-0.2, 0) is 0 Å². The first-order valence-corrected chi connectivity index (χ1v) is 11.8. The molecule has 34 heavy (non-hydrogen) atoms. The van der Waals surface area contributed by atoms with Crippen LogP contribution in [0, 0.1) is 0 Å². The Morgan fingerprint density at radius 1 is 0.941 bits per heavy atom. The number of aromatic amines is 2. The first kappa shape index (κ1) is 20.7. The monoisotopic (exact) mass is 459 g/mol. The Hall–Kier alpha value is -3.94. The molecule has 8 heteroatoms. The van der Waals surface area contributed by atoms with Crippen LogP contribution in [0.5, 0.6) is 11.5 Å². The summed E-state index contributed by atoms with van der Waals surface area (Å²) in [5.74, 6) is -0.409. The third-order valence-electron chi connectivity index (χ3n) is 7.02. The number of benzene rings is 2. The van der Waals surface area contributed by atoms with Crippen molar-refractivity contribution >= 4 is 33.1 Å². The van der Waals surface area contributed by atoms with Crippen LogP contribution in [0.2, 0.25) is 0 Å². The number of rotatable bonds is 2. The van der Waals surface area contributed by atoms with Crippen LogP contribution in [0.1, 0.15) is 51.0 Å². The maximum absolute atomic E-state index is 13.4. The number of furan rings is 1. The summed E-state index contributed by atoms with van der Waals surface area (Å²) in [6.07, 6.45) is 7.76. The van der Waals surface area contributed by atoms with Gasteiger partial charge in [0.2, 0.25) is 11.2 Å². The lowest BCUT2D eigenvalue weighted by Gasteiger charge is -2.21. The molecule has 0 amide bonds. The molecular weight excluding hydrogens is 434 g/mol. The fourth-order valence-corrected chi connectivity index (χ4v) is 5.37. The Morgan fingerprint density at radius 2 is 1.71 bits per heavy atom. The average Bonchev–Trinajstić information content (AvgIpc) is 3.33. The van der Waals surface area contributed by atoms with Gasteiger partial charge in [0.05, 0.1) is 16.9 Å². The second-order valence-corrected chi connectivity index (χ2v) is 9.18. The SMILES string of the molecule is O=c1ccc2c(oc3c(-c4cccc(O)c4)c4c(=O)[nH]n(C5CCCCCCC5)c4[nH]c32)c1O. The highest BCUT2D eigenvalue weighted by Gasteiger charge is 2.25. The highest BCUT2D eigenvalue weighted by molar-refractivity contribution is 6.15. The zero-order chi connectivity index (χ0) is 23.4. The highest BCUT2D eigenvalue weighted by Crippen LogP contribution is 2.41. The summed E-state index contributed by atoms with van der Waals surface area (Å²) in [5.41, 5.74) is 1.94. The number of nitrogens with zero attached hydrogens (tertiary/aromatic N) is 1. The third kappa shape index (κ3) is 3.13. The zero-order valence-electron chi connectivity index (χ0n) is 18.6. The number of phenols is 2. The highest BCUT2D eigenvalue weighted by atomic mass is 16.4. The number of hydrogen-bond acceptors (Lipinski definition) is 5. The van der Waals surface area contributed by atoms with Gasteiger partial charge in [0.15, 0.2) is 11.2 Å². The molecule has 1 aliphatic rings. The van der Waals surface area contributed by atoms with Crippen LogP contribution in [-0.4, -0.2) is 25.0 Å². The van der Waals surface area contributed by atoms with E-state index in [-0.39, 0.29) is 22.9 Å². The Bertz CT molecular complexity index is 1660. The maximum Gasteiger partial charge on any atom is 0.274 e. The van der Waals surface area contributed by atoms with Crippen molar-refractivity contribution in [1.82, 2.24) is 14.8 Å². The van der Waals surface area contributed by atoms with E-state index in [9.17, 15) is 19.8 Å². The van der Waals surface area contributed by atoms with Gasteiger partial charge in [0.1, 0.15) is 11.4 Å². The normalized spacial score (nSPS) is 15.8. The molecule has 0 unspecified atom stereocenters. The smallest absolute Gasteiger partial charge is 0.274 e. The molecule has 0 spiro atoms. The van der Waals surface area contributed by atoms with Crippen LogP contribution in [0.15, 0.2) is 50.4 Å². The molecule has 0 saturated heterocycles. The number of fused-ring (bicyclic) bond motifs is 4. The lowest BCUT2D eigenvalue weighted by Crippen LogP contribution is -2.15. The number of H-pyrrole nitrogens is 2. The molecule has 0 radical (unpaired) electrons. The molecule has 0 aliphatic heterocycles. The van der Waals surface area contributed by atoms with Crippen molar-refractivity contribution in [1.29, 1.82) is 0 Å². The van der Waals surface area contributed by atoms with E-state index in [1.807, 2.05) is 4.68 Å². The summed E-state index contributed by atoms with van der Waals surface area (Å²) in [4.78, 5) is 28.8. The first-order valence-electron chi connectivity index (χ1n) is 11.8. The van der Waals surface area contributed by atoms with Gasteiger partial charge in [0.25, 0.3) is 5.56 Å². The third-order valence-corrected chi connectivity index (χ3v) is 7.02. The number of phenolic OH excluding ortho intramolecular Hbond substituents is 2. The van der Waals surface area contributed by atoms with Gasteiger partial charge >= 0.3 is 0 Å². The largest absolute Gasteiger partial charge is 0.508 e. The molecule has 4 N–H and O–H groups in total. The molecule has 1 fully saturated rings. The molecule has 3 aromatic heterocycles. The predicted molar refractivity (Wildman–Crippen MR) is 131 cm³/mol. The second kappa shape index (κ2) is 7.83. The Labute approximate surface area is 193 Å². The molecular formula is C26H25N3O5. The average molecular weight is 460 g/mol. The minimum absolute atomic E-state index is 0.0586. The summed E-state index contributed by atoms with van der Waals surface area (Å²) >= 11 is 0. The Balaban J connectivity index is 1.74. The molecule has 0 bridgehead atoms.